The van der Waals surface area contributed by atoms with Crippen LogP contribution in [0.25, 0.3) is 0 Å². The van der Waals surface area contributed by atoms with Crippen molar-refractivity contribution in [2.75, 3.05) is 13.2 Å². The van der Waals surface area contributed by atoms with Crippen LogP contribution >= 0.6 is 0 Å². The third-order valence-electron chi connectivity index (χ3n) is 2.68. The van der Waals surface area contributed by atoms with E-state index in [1.165, 1.54) is 5.56 Å². The van der Waals surface area contributed by atoms with E-state index in [9.17, 15) is 4.79 Å². The number of aliphatic hydroxyl groups excluding tert-OH is 2. The maximum Gasteiger partial charge on any atom is 0.224 e. The topological polar surface area (TPSA) is 69.6 Å². The fourth-order valence-electron chi connectivity index (χ4n) is 1.46. The van der Waals surface area contributed by atoms with Crippen molar-refractivity contribution in [3.05, 3.63) is 34.9 Å². The summed E-state index contributed by atoms with van der Waals surface area (Å²) >= 11 is 0. The number of carbonyl (C=O) groups excluding carboxylic acids is 1. The van der Waals surface area contributed by atoms with Gasteiger partial charge in [0.25, 0.3) is 0 Å². The summed E-state index contributed by atoms with van der Waals surface area (Å²) in [5, 5.41) is 20.3. The summed E-state index contributed by atoms with van der Waals surface area (Å²) in [5.74, 6) is -0.152. The molecule has 0 saturated heterocycles. The van der Waals surface area contributed by atoms with Crippen molar-refractivity contribution in [2.24, 2.45) is 0 Å². The molecular weight excluding hydrogens is 218 g/mol. The van der Waals surface area contributed by atoms with Gasteiger partial charge in [0.15, 0.2) is 0 Å². The Labute approximate surface area is 101 Å². The number of aryl methyl sites for hydroxylation is 2. The minimum atomic E-state index is -0.890. The summed E-state index contributed by atoms with van der Waals surface area (Å²) in [4.78, 5) is 11.5. The molecule has 0 radical (unpaired) electrons. The standard InChI is InChI=1S/C13H19NO3/c1-9-3-4-11(5-10(9)2)6-13(17)14-7-12(16)8-15/h3-5,12,15-16H,6-8H2,1-2H3,(H,14,17). The van der Waals surface area contributed by atoms with Gasteiger partial charge in [-0.15, -0.1) is 0 Å². The summed E-state index contributed by atoms with van der Waals surface area (Å²) < 4.78 is 0. The molecule has 0 saturated carbocycles. The fourth-order valence-corrected chi connectivity index (χ4v) is 1.46. The second kappa shape index (κ2) is 6.37. The van der Waals surface area contributed by atoms with Gasteiger partial charge in [-0.3, -0.25) is 4.79 Å². The first-order valence-electron chi connectivity index (χ1n) is 5.64. The van der Waals surface area contributed by atoms with Crippen LogP contribution in [-0.2, 0) is 11.2 Å². The molecule has 4 nitrogen and oxygen atoms in total. The Balaban J connectivity index is 2.48. The van der Waals surface area contributed by atoms with E-state index < -0.39 is 6.10 Å². The van der Waals surface area contributed by atoms with E-state index in [0.29, 0.717) is 6.42 Å². The quantitative estimate of drug-likeness (QED) is 0.690. The van der Waals surface area contributed by atoms with E-state index in [1.54, 1.807) is 0 Å². The van der Waals surface area contributed by atoms with E-state index in [2.05, 4.69) is 5.32 Å². The lowest BCUT2D eigenvalue weighted by Gasteiger charge is -2.09. The third-order valence-corrected chi connectivity index (χ3v) is 2.68. The molecule has 1 amide bonds. The molecule has 4 heteroatoms. The lowest BCUT2D eigenvalue weighted by molar-refractivity contribution is -0.121. The summed E-state index contributed by atoms with van der Waals surface area (Å²) in [6, 6.07) is 5.89. The molecule has 1 rings (SSSR count). The number of aliphatic hydroxyl groups is 2. The van der Waals surface area contributed by atoms with Crippen LogP contribution in [0.15, 0.2) is 18.2 Å². The Morgan fingerprint density at radius 1 is 1.35 bits per heavy atom. The van der Waals surface area contributed by atoms with E-state index in [1.807, 2.05) is 32.0 Å². The van der Waals surface area contributed by atoms with Gasteiger partial charge in [-0.2, -0.15) is 0 Å². The first kappa shape index (κ1) is 13.7. The normalized spacial score (nSPS) is 12.2. The van der Waals surface area contributed by atoms with Gasteiger partial charge in [0.2, 0.25) is 5.91 Å². The predicted molar refractivity (Wildman–Crippen MR) is 65.7 cm³/mol. The average molecular weight is 237 g/mol. The number of rotatable bonds is 5. The van der Waals surface area contributed by atoms with E-state index in [4.69, 9.17) is 10.2 Å². The Morgan fingerprint density at radius 2 is 2.06 bits per heavy atom. The lowest BCUT2D eigenvalue weighted by Crippen LogP contribution is -2.34. The molecule has 3 N–H and O–H groups in total. The van der Waals surface area contributed by atoms with Gasteiger partial charge < -0.3 is 15.5 Å². The zero-order valence-electron chi connectivity index (χ0n) is 10.2. The van der Waals surface area contributed by atoms with Crippen molar-refractivity contribution in [1.29, 1.82) is 0 Å². The Kier molecular flexibility index (Phi) is 5.12. The van der Waals surface area contributed by atoms with Crippen LogP contribution in [0.4, 0.5) is 0 Å². The Morgan fingerprint density at radius 3 is 2.65 bits per heavy atom. The number of benzene rings is 1. The van der Waals surface area contributed by atoms with Crippen LogP contribution in [0, 0.1) is 13.8 Å². The summed E-state index contributed by atoms with van der Waals surface area (Å²) in [6.45, 7) is 3.77. The van der Waals surface area contributed by atoms with Gasteiger partial charge in [0, 0.05) is 6.54 Å². The third kappa shape index (κ3) is 4.54. The van der Waals surface area contributed by atoms with E-state index in [-0.39, 0.29) is 19.1 Å². The SMILES string of the molecule is Cc1ccc(CC(=O)NCC(O)CO)cc1C. The Bertz CT molecular complexity index is 390. The number of nitrogens with one attached hydrogen (secondary N) is 1. The number of hydrogen-bond donors (Lipinski definition) is 3. The molecule has 0 aliphatic carbocycles. The van der Waals surface area contributed by atoms with Crippen molar-refractivity contribution in [3.63, 3.8) is 0 Å². The highest BCUT2D eigenvalue weighted by atomic mass is 16.3. The summed E-state index contributed by atoms with van der Waals surface area (Å²) in [6.07, 6.45) is -0.599. The van der Waals surface area contributed by atoms with Crippen molar-refractivity contribution in [1.82, 2.24) is 5.32 Å². The summed E-state index contributed by atoms with van der Waals surface area (Å²) in [5.41, 5.74) is 3.31. The molecule has 1 unspecified atom stereocenters. The number of amides is 1. The molecule has 0 aliphatic rings. The highest BCUT2D eigenvalue weighted by Gasteiger charge is 2.07. The van der Waals surface area contributed by atoms with Crippen LogP contribution < -0.4 is 5.32 Å². The maximum absolute atomic E-state index is 11.5. The van der Waals surface area contributed by atoms with Crippen LogP contribution in [0.5, 0.6) is 0 Å². The molecule has 0 heterocycles. The minimum Gasteiger partial charge on any atom is -0.394 e. The molecule has 1 aromatic carbocycles. The molecule has 0 fully saturated rings. The largest absolute Gasteiger partial charge is 0.394 e. The average Bonchev–Trinajstić information content (AvgIpc) is 2.31. The Hall–Kier alpha value is -1.39. The lowest BCUT2D eigenvalue weighted by atomic mass is 10.0. The molecule has 0 spiro atoms. The van der Waals surface area contributed by atoms with Crippen molar-refractivity contribution < 1.29 is 15.0 Å². The highest BCUT2D eigenvalue weighted by molar-refractivity contribution is 5.78. The monoisotopic (exact) mass is 237 g/mol. The van der Waals surface area contributed by atoms with Gasteiger partial charge in [-0.25, -0.2) is 0 Å². The van der Waals surface area contributed by atoms with E-state index >= 15 is 0 Å². The van der Waals surface area contributed by atoms with E-state index in [0.717, 1.165) is 11.1 Å². The maximum atomic E-state index is 11.5. The number of hydrogen-bond acceptors (Lipinski definition) is 3. The molecule has 94 valence electrons. The molecule has 0 bridgehead atoms. The first-order valence-corrected chi connectivity index (χ1v) is 5.64. The smallest absolute Gasteiger partial charge is 0.224 e. The van der Waals surface area contributed by atoms with Crippen LogP contribution in [-0.4, -0.2) is 35.4 Å². The zero-order valence-corrected chi connectivity index (χ0v) is 10.2. The molecule has 0 aliphatic heterocycles. The van der Waals surface area contributed by atoms with Crippen LogP contribution in [0.2, 0.25) is 0 Å². The van der Waals surface area contributed by atoms with Gasteiger partial charge in [0.1, 0.15) is 0 Å². The van der Waals surface area contributed by atoms with Crippen molar-refractivity contribution >= 4 is 5.91 Å². The number of carbonyl (C=O) groups is 1. The van der Waals surface area contributed by atoms with Crippen LogP contribution in [0.1, 0.15) is 16.7 Å². The molecule has 1 atom stereocenters. The zero-order chi connectivity index (χ0) is 12.8. The van der Waals surface area contributed by atoms with Gasteiger partial charge in [-0.1, -0.05) is 18.2 Å². The van der Waals surface area contributed by atoms with Gasteiger partial charge in [-0.05, 0) is 30.5 Å². The van der Waals surface area contributed by atoms with Gasteiger partial charge >= 0.3 is 0 Å². The second-order valence-electron chi connectivity index (χ2n) is 4.24. The van der Waals surface area contributed by atoms with Crippen molar-refractivity contribution in [2.45, 2.75) is 26.4 Å². The first-order chi connectivity index (χ1) is 8.02. The van der Waals surface area contributed by atoms with Gasteiger partial charge in [0.05, 0.1) is 19.1 Å². The fraction of sp³-hybridized carbons (Fsp3) is 0.462. The molecular formula is C13H19NO3. The molecule has 17 heavy (non-hydrogen) atoms. The predicted octanol–water partition coefficient (Wildman–Crippen LogP) is 0.315. The second-order valence-corrected chi connectivity index (χ2v) is 4.24. The minimum absolute atomic E-state index is 0.0835. The summed E-state index contributed by atoms with van der Waals surface area (Å²) in [7, 11) is 0. The molecule has 0 aromatic heterocycles. The van der Waals surface area contributed by atoms with Crippen LogP contribution in [0.3, 0.4) is 0 Å². The van der Waals surface area contributed by atoms with Crippen molar-refractivity contribution in [3.8, 4) is 0 Å². The highest BCUT2D eigenvalue weighted by Crippen LogP contribution is 2.10. The molecule has 1 aromatic rings.